The SMILES string of the molecule is Cc1cc(C)cc(-n2c(SCC(=O)Nc3ccc(C#N)cc3)nc3sc4c(c3c2=O)CCCC4)c1. The van der Waals surface area contributed by atoms with Crippen LogP contribution in [-0.2, 0) is 17.6 Å². The molecule has 5 rings (SSSR count). The molecule has 1 N–H and O–H groups in total. The number of rotatable bonds is 5. The van der Waals surface area contributed by atoms with E-state index < -0.39 is 0 Å². The van der Waals surface area contributed by atoms with Crippen molar-refractivity contribution in [3.05, 3.63) is 79.9 Å². The zero-order valence-electron chi connectivity index (χ0n) is 19.6. The van der Waals surface area contributed by atoms with Crippen LogP contribution in [0.15, 0.2) is 52.4 Å². The smallest absolute Gasteiger partial charge is 0.267 e. The number of anilines is 1. The van der Waals surface area contributed by atoms with Crippen molar-refractivity contribution in [3.8, 4) is 11.8 Å². The number of aryl methyl sites for hydroxylation is 4. The van der Waals surface area contributed by atoms with Gasteiger partial charge in [0.25, 0.3) is 5.56 Å². The van der Waals surface area contributed by atoms with Gasteiger partial charge < -0.3 is 5.32 Å². The lowest BCUT2D eigenvalue weighted by Crippen LogP contribution is -2.23. The van der Waals surface area contributed by atoms with Crippen LogP contribution in [0.4, 0.5) is 5.69 Å². The second kappa shape index (κ2) is 9.68. The van der Waals surface area contributed by atoms with Crippen LogP contribution in [0.2, 0.25) is 0 Å². The van der Waals surface area contributed by atoms with Crippen LogP contribution in [0.5, 0.6) is 0 Å². The van der Waals surface area contributed by atoms with Crippen molar-refractivity contribution in [3.63, 3.8) is 0 Å². The summed E-state index contributed by atoms with van der Waals surface area (Å²) < 4.78 is 1.67. The maximum Gasteiger partial charge on any atom is 0.267 e. The van der Waals surface area contributed by atoms with Gasteiger partial charge in [-0.3, -0.25) is 14.2 Å². The van der Waals surface area contributed by atoms with Gasteiger partial charge >= 0.3 is 0 Å². The Morgan fingerprint density at radius 3 is 2.57 bits per heavy atom. The minimum absolute atomic E-state index is 0.0607. The molecule has 0 atom stereocenters. The van der Waals surface area contributed by atoms with Gasteiger partial charge in [0.15, 0.2) is 5.16 Å². The number of aromatic nitrogens is 2. The Balaban J connectivity index is 1.52. The first-order valence-corrected chi connectivity index (χ1v) is 13.3. The highest BCUT2D eigenvalue weighted by atomic mass is 32.2. The number of carbonyl (C=O) groups excluding carboxylic acids is 1. The van der Waals surface area contributed by atoms with Crippen LogP contribution in [0.25, 0.3) is 15.9 Å². The van der Waals surface area contributed by atoms with Crippen LogP contribution < -0.4 is 10.9 Å². The van der Waals surface area contributed by atoms with Crippen molar-refractivity contribution in [1.29, 1.82) is 5.26 Å². The predicted octanol–water partition coefficient (Wildman–Crippen LogP) is 5.55. The Bertz CT molecular complexity index is 1520. The Labute approximate surface area is 211 Å². The first-order chi connectivity index (χ1) is 16.9. The summed E-state index contributed by atoms with van der Waals surface area (Å²) in [5.41, 5.74) is 5.15. The zero-order chi connectivity index (χ0) is 24.5. The van der Waals surface area contributed by atoms with E-state index >= 15 is 0 Å². The third kappa shape index (κ3) is 4.75. The number of amides is 1. The average molecular weight is 501 g/mol. The standard InChI is InChI=1S/C27H24N4O2S2/c1-16-11-17(2)13-20(12-16)31-26(33)24-21-5-3-4-6-22(21)35-25(24)30-27(31)34-15-23(32)29-19-9-7-18(14-28)8-10-19/h7-13H,3-6,15H2,1-2H3,(H,29,32). The van der Waals surface area contributed by atoms with Gasteiger partial charge in [0.2, 0.25) is 5.91 Å². The second-order valence-corrected chi connectivity index (χ2v) is 10.8. The number of nitrogens with one attached hydrogen (secondary N) is 1. The third-order valence-corrected chi connectivity index (χ3v) is 8.18. The molecule has 0 fully saturated rings. The van der Waals surface area contributed by atoms with E-state index in [1.807, 2.05) is 26.0 Å². The van der Waals surface area contributed by atoms with E-state index in [2.05, 4.69) is 17.5 Å². The van der Waals surface area contributed by atoms with Crippen molar-refractivity contribution in [2.75, 3.05) is 11.1 Å². The van der Waals surface area contributed by atoms with E-state index in [9.17, 15) is 9.59 Å². The molecular weight excluding hydrogens is 476 g/mol. The molecule has 0 bridgehead atoms. The molecule has 2 aromatic carbocycles. The van der Waals surface area contributed by atoms with Crippen LogP contribution in [0.1, 0.15) is 40.0 Å². The van der Waals surface area contributed by atoms with E-state index in [4.69, 9.17) is 10.2 Å². The van der Waals surface area contributed by atoms with Gasteiger partial charge in [-0.15, -0.1) is 11.3 Å². The van der Waals surface area contributed by atoms with Gasteiger partial charge in [-0.2, -0.15) is 5.26 Å². The third-order valence-electron chi connectivity index (χ3n) is 6.05. The van der Waals surface area contributed by atoms with E-state index in [1.165, 1.54) is 16.6 Å². The van der Waals surface area contributed by atoms with Crippen LogP contribution in [0.3, 0.4) is 0 Å². The topological polar surface area (TPSA) is 87.8 Å². The van der Waals surface area contributed by atoms with Crippen molar-refractivity contribution < 1.29 is 4.79 Å². The Morgan fingerprint density at radius 2 is 1.86 bits per heavy atom. The summed E-state index contributed by atoms with van der Waals surface area (Å²) in [6, 6.07) is 14.8. The summed E-state index contributed by atoms with van der Waals surface area (Å²) in [4.78, 5) is 33.5. The molecule has 35 heavy (non-hydrogen) atoms. The van der Waals surface area contributed by atoms with Gasteiger partial charge in [-0.05, 0) is 92.6 Å². The average Bonchev–Trinajstić information content (AvgIpc) is 3.21. The first kappa shape index (κ1) is 23.3. The van der Waals surface area contributed by atoms with Gasteiger partial charge in [0.1, 0.15) is 4.83 Å². The largest absolute Gasteiger partial charge is 0.325 e. The first-order valence-electron chi connectivity index (χ1n) is 11.5. The van der Waals surface area contributed by atoms with Crippen molar-refractivity contribution in [1.82, 2.24) is 9.55 Å². The maximum atomic E-state index is 13.9. The summed E-state index contributed by atoms with van der Waals surface area (Å²) in [7, 11) is 0. The molecule has 0 spiro atoms. The van der Waals surface area contributed by atoms with E-state index in [1.54, 1.807) is 40.2 Å². The zero-order valence-corrected chi connectivity index (χ0v) is 21.2. The number of nitrogens with zero attached hydrogens (tertiary/aromatic N) is 3. The number of fused-ring (bicyclic) bond motifs is 3. The van der Waals surface area contributed by atoms with Crippen molar-refractivity contribution in [2.24, 2.45) is 0 Å². The van der Waals surface area contributed by atoms with Crippen molar-refractivity contribution in [2.45, 2.75) is 44.7 Å². The molecule has 6 nitrogen and oxygen atoms in total. The number of benzene rings is 2. The lowest BCUT2D eigenvalue weighted by atomic mass is 9.97. The lowest BCUT2D eigenvalue weighted by molar-refractivity contribution is -0.113. The fraction of sp³-hybridized carbons (Fsp3) is 0.259. The fourth-order valence-corrected chi connectivity index (χ4v) is 6.66. The summed E-state index contributed by atoms with van der Waals surface area (Å²) in [6.07, 6.45) is 4.14. The minimum Gasteiger partial charge on any atom is -0.325 e. The molecule has 1 aliphatic carbocycles. The molecule has 0 saturated heterocycles. The molecule has 1 aliphatic rings. The Hall–Kier alpha value is -3.41. The lowest BCUT2D eigenvalue weighted by Gasteiger charge is -2.15. The molecule has 0 radical (unpaired) electrons. The fourth-order valence-electron chi connectivity index (χ4n) is 4.55. The Morgan fingerprint density at radius 1 is 1.14 bits per heavy atom. The predicted molar refractivity (Wildman–Crippen MR) is 142 cm³/mol. The summed E-state index contributed by atoms with van der Waals surface area (Å²) >= 11 is 2.87. The summed E-state index contributed by atoms with van der Waals surface area (Å²) in [5.74, 6) is -0.0973. The highest BCUT2D eigenvalue weighted by Crippen LogP contribution is 2.35. The Kier molecular flexibility index (Phi) is 6.46. The van der Waals surface area contributed by atoms with E-state index in [0.29, 0.717) is 16.4 Å². The molecule has 0 unspecified atom stereocenters. The second-order valence-electron chi connectivity index (χ2n) is 8.80. The number of hydrogen-bond donors (Lipinski definition) is 1. The number of thiophene rings is 1. The van der Waals surface area contributed by atoms with Crippen LogP contribution >= 0.6 is 23.1 Å². The van der Waals surface area contributed by atoms with Crippen LogP contribution in [0, 0.1) is 25.2 Å². The molecule has 0 aliphatic heterocycles. The molecule has 0 saturated carbocycles. The highest BCUT2D eigenvalue weighted by Gasteiger charge is 2.23. The van der Waals surface area contributed by atoms with Gasteiger partial charge in [0.05, 0.1) is 28.5 Å². The molecule has 2 aromatic heterocycles. The molecule has 8 heteroatoms. The number of carbonyl (C=O) groups is 1. The molecular formula is C27H24N4O2S2. The molecule has 176 valence electrons. The van der Waals surface area contributed by atoms with Gasteiger partial charge in [-0.1, -0.05) is 17.8 Å². The van der Waals surface area contributed by atoms with Gasteiger partial charge in [-0.25, -0.2) is 4.98 Å². The summed E-state index contributed by atoms with van der Waals surface area (Å²) in [6.45, 7) is 4.02. The number of thioether (sulfide) groups is 1. The minimum atomic E-state index is -0.202. The number of nitriles is 1. The quantitative estimate of drug-likeness (QED) is 0.287. The van der Waals surface area contributed by atoms with Crippen molar-refractivity contribution >= 4 is 44.9 Å². The molecule has 1 amide bonds. The van der Waals surface area contributed by atoms with Gasteiger partial charge in [0, 0.05) is 10.6 Å². The molecule has 4 aromatic rings. The number of hydrogen-bond acceptors (Lipinski definition) is 6. The van der Waals surface area contributed by atoms with E-state index in [-0.39, 0.29) is 17.2 Å². The monoisotopic (exact) mass is 500 g/mol. The highest BCUT2D eigenvalue weighted by molar-refractivity contribution is 7.99. The normalized spacial score (nSPS) is 12.8. The van der Waals surface area contributed by atoms with E-state index in [0.717, 1.165) is 58.3 Å². The molecule has 2 heterocycles. The summed E-state index contributed by atoms with van der Waals surface area (Å²) in [5, 5.41) is 13.0. The van der Waals surface area contributed by atoms with Crippen LogP contribution in [-0.4, -0.2) is 21.2 Å². The maximum absolute atomic E-state index is 13.9.